The number of rotatable bonds is 44. The predicted octanol–water partition coefficient (Wildman–Crippen LogP) is 23.2. The van der Waals surface area contributed by atoms with Gasteiger partial charge in [-0.1, -0.05) is 30.3 Å². The fourth-order valence-corrected chi connectivity index (χ4v) is 8.24. The van der Waals surface area contributed by atoms with Crippen LogP contribution in [0.15, 0.2) is 36.4 Å². The Hall–Kier alpha value is -8.96. The lowest BCUT2D eigenvalue weighted by molar-refractivity contribution is -0.447. The Balaban J connectivity index is 2.14. The molecule has 0 saturated heterocycles. The fraction of sp³-hybridized carbons (Fsp3) is 0.692. The van der Waals surface area contributed by atoms with Gasteiger partial charge in [0, 0.05) is 5.39 Å². The van der Waals surface area contributed by atoms with E-state index in [-0.39, 0.29) is 18.2 Å². The minimum Gasteiger partial charge on any atom is -0.457 e. The third kappa shape index (κ3) is 16.3. The molecule has 76 heteroatoms. The average molecular weight is 2040 g/mol. The van der Waals surface area contributed by atoms with Gasteiger partial charge in [-0.25, -0.2) is 35.1 Å². The minimum atomic E-state index is -9.40. The Morgan fingerprint density at radius 1 is 0.195 bits per heavy atom. The zero-order chi connectivity index (χ0) is 102. The minimum absolute atomic E-state index is 0.176. The molecule has 12 nitrogen and oxygen atoms in total. The number of hydrogen-bond donors (Lipinski definition) is 0. The lowest BCUT2D eigenvalue weighted by Crippen LogP contribution is -2.74. The molecule has 0 unspecified atom stereocenters. The number of ether oxygens (including phenoxy) is 6. The number of aromatic nitrogens is 6. The van der Waals surface area contributed by atoms with Gasteiger partial charge in [-0.2, -0.15) is 246 Å². The number of benzene rings is 2. The van der Waals surface area contributed by atoms with Crippen molar-refractivity contribution in [1.82, 2.24) is 29.9 Å². The van der Waals surface area contributed by atoms with E-state index in [1.54, 1.807) is 0 Å². The third-order valence-electron chi connectivity index (χ3n) is 15.8. The van der Waals surface area contributed by atoms with E-state index in [1.807, 2.05) is 9.97 Å². The molecule has 2 heterocycles. The maximum absolute atomic E-state index is 15.2. The Labute approximate surface area is 652 Å². The summed E-state index contributed by atoms with van der Waals surface area (Å²) in [5.41, 5.74) is 0. The highest BCUT2D eigenvalue weighted by Gasteiger charge is 2.99. The molecule has 0 bridgehead atoms. The zero-order valence-electron chi connectivity index (χ0n) is 56.9. The topological polar surface area (TPSA) is 133 Å². The summed E-state index contributed by atoms with van der Waals surface area (Å²) < 4.78 is 929. The summed E-state index contributed by atoms with van der Waals surface area (Å²) in [7, 11) is 0. The van der Waals surface area contributed by atoms with E-state index in [4.69, 9.17) is 0 Å². The van der Waals surface area contributed by atoms with Gasteiger partial charge in [0.15, 0.2) is 37.9 Å². The van der Waals surface area contributed by atoms with E-state index in [1.165, 1.54) is 0 Å². The number of halogens is 64. The molecule has 0 aliphatic carbocycles. The van der Waals surface area contributed by atoms with E-state index >= 15 is 35.1 Å². The van der Waals surface area contributed by atoms with Crippen LogP contribution in [-0.2, 0) is 0 Å². The number of hydrogen-bond acceptors (Lipinski definition) is 12. The second-order valence-corrected chi connectivity index (χ2v) is 24.3. The average Bonchev–Trinajstić information content (AvgIpc) is 0.710. The van der Waals surface area contributed by atoms with Crippen molar-refractivity contribution >= 4 is 10.8 Å². The van der Waals surface area contributed by atoms with E-state index in [2.05, 4.69) is 48.4 Å². The van der Waals surface area contributed by atoms with E-state index in [0.717, 1.165) is 0 Å². The molecule has 0 aliphatic heterocycles. The first kappa shape index (κ1) is 111. The van der Waals surface area contributed by atoms with Gasteiger partial charge in [0.25, 0.3) is 0 Å². The van der Waals surface area contributed by atoms with Crippen LogP contribution in [0.25, 0.3) is 10.8 Å². The summed E-state index contributed by atoms with van der Waals surface area (Å²) in [6, 6.07) is -17.5. The molecule has 740 valence electrons. The molecular weight excluding hydrogens is 2020 g/mol. The van der Waals surface area contributed by atoms with Crippen LogP contribution in [0.3, 0.4) is 0 Å². The van der Waals surface area contributed by atoms with Crippen LogP contribution in [-0.4, -0.2) is 248 Å². The number of nitrogens with zero attached hydrogens (tertiary/aromatic N) is 6. The monoisotopic (exact) mass is 2040 g/mol. The van der Waals surface area contributed by atoms with Crippen LogP contribution < -0.4 is 28.4 Å². The van der Waals surface area contributed by atoms with Gasteiger partial charge < -0.3 is 28.4 Å². The van der Waals surface area contributed by atoms with Crippen LogP contribution in [0.1, 0.15) is 0 Å². The van der Waals surface area contributed by atoms with Crippen molar-refractivity contribution in [2.75, 3.05) is 26.4 Å². The molecule has 4 rings (SSSR count). The molecule has 0 spiro atoms. The van der Waals surface area contributed by atoms with Crippen molar-refractivity contribution in [2.24, 2.45) is 0 Å². The first-order chi connectivity index (χ1) is 56.0. The van der Waals surface area contributed by atoms with Crippen molar-refractivity contribution in [2.45, 2.75) is 192 Å². The Morgan fingerprint density at radius 3 is 0.570 bits per heavy atom. The molecule has 0 aliphatic rings. The van der Waals surface area contributed by atoms with Crippen molar-refractivity contribution in [3.63, 3.8) is 0 Å². The van der Waals surface area contributed by atoms with Gasteiger partial charge in [-0.05, 0) is 11.5 Å². The second kappa shape index (κ2) is 32.5. The molecule has 2 aromatic heterocycles. The third-order valence-corrected chi connectivity index (χ3v) is 15.8. The van der Waals surface area contributed by atoms with Gasteiger partial charge in [0.2, 0.25) is 0 Å². The lowest BCUT2D eigenvalue weighted by atomic mass is 9.89. The van der Waals surface area contributed by atoms with Crippen molar-refractivity contribution < 1.29 is 309 Å². The summed E-state index contributed by atoms with van der Waals surface area (Å²) in [5.74, 6) is -252. The summed E-state index contributed by atoms with van der Waals surface area (Å²) >= 11 is 0. The van der Waals surface area contributed by atoms with Gasteiger partial charge >= 0.3 is 228 Å². The second-order valence-electron chi connectivity index (χ2n) is 24.3. The summed E-state index contributed by atoms with van der Waals surface area (Å²) in [5, 5.41) is -2.36. The van der Waals surface area contributed by atoms with Crippen LogP contribution in [0.2, 0.25) is 0 Å². The summed E-state index contributed by atoms with van der Waals surface area (Å²) in [6.45, 7) is -18.2. The molecule has 4 aromatic rings. The lowest BCUT2D eigenvalue weighted by Gasteiger charge is -2.42. The summed E-state index contributed by atoms with van der Waals surface area (Å²) in [6.07, 6.45) is -26.0. The van der Waals surface area contributed by atoms with Crippen LogP contribution in [0, 0.1) is 0 Å². The van der Waals surface area contributed by atoms with E-state index < -0.39 is 276 Å². The molecule has 0 fully saturated rings. The number of fused-ring (bicyclic) bond motifs is 1. The highest BCUT2D eigenvalue weighted by Crippen LogP contribution is 2.69. The standard InChI is InChI=1S/C52H18F64N6O6/c53-15(54)29(69,70)37(85,86)45(101,102)49(109,110)41(93,94)33(77,78)25(61,62)7-123-19-117-20(124-8-26(63,64)34(79,80)42(95,96)50(111,112)46(103,104)38(87,88)30(71,72)16(55)56)120-23(119-19)127-13-6-5-11-3-1-2-4-12(11)14(13)128-24-121-21(125-9-27(65,66)35(81,82)43(97,98)51(113,114)47(105,106)39(89,90)31(73,74)17(57)58)118-22(122-24)126-10-28(67,68)36(83,84)44(99,100)52(115,116)48(107,108)40(91,92)32(75,76)18(59)60/h1-6,15-18H,7-10H2. The van der Waals surface area contributed by atoms with E-state index in [9.17, 15) is 246 Å². The number of alkyl halides is 64. The van der Waals surface area contributed by atoms with Crippen molar-refractivity contribution in [1.29, 1.82) is 0 Å². The normalized spacial score (nSPS) is 15.8. The Morgan fingerprint density at radius 2 is 0.367 bits per heavy atom. The predicted molar refractivity (Wildman–Crippen MR) is 268 cm³/mol. The Kier molecular flexibility index (Phi) is 28.3. The largest absolute Gasteiger partial charge is 0.457 e. The van der Waals surface area contributed by atoms with Crippen molar-refractivity contribution in [3.8, 4) is 47.6 Å². The van der Waals surface area contributed by atoms with Gasteiger partial charge in [0.05, 0.1) is 0 Å². The van der Waals surface area contributed by atoms with Crippen LogP contribution in [0.4, 0.5) is 281 Å². The molecule has 0 atom stereocenters. The highest BCUT2D eigenvalue weighted by atomic mass is 19.4. The molecular formula is C52H18F64N6O6. The molecule has 0 saturated carbocycles. The summed E-state index contributed by atoms with van der Waals surface area (Å²) in [4.78, 5) is 13.2. The molecule has 0 amide bonds. The highest BCUT2D eigenvalue weighted by molar-refractivity contribution is 5.91. The van der Waals surface area contributed by atoms with Gasteiger partial charge in [0.1, 0.15) is 0 Å². The van der Waals surface area contributed by atoms with Crippen LogP contribution >= 0.6 is 0 Å². The Bertz CT molecular complexity index is 4340. The van der Waals surface area contributed by atoms with E-state index in [0.29, 0.717) is 18.2 Å². The SMILES string of the molecule is FC(F)C(F)(F)C(F)(F)C(F)(F)C(F)(F)C(F)(F)C(F)(F)C(F)(F)COc1nc(OCC(F)(F)C(F)(F)C(F)(F)C(F)(F)C(F)(F)C(F)(F)C(F)(F)C(F)F)nc(Oc2ccc3ccccc3c2Oc2nc(OCC(F)(F)C(F)(F)C(F)(F)C(F)(F)C(F)(F)C(F)(F)C(F)(F)C(F)F)nc(OCC(F)(F)C(F)(F)C(F)(F)C(F)(F)C(F)(F)C(F)(F)C(F)(F)C(F)F)n2)n1. The first-order valence-electron chi connectivity index (χ1n) is 29.6. The molecule has 2 aromatic carbocycles. The first-order valence-corrected chi connectivity index (χ1v) is 29.6. The van der Waals surface area contributed by atoms with Crippen molar-refractivity contribution in [3.05, 3.63) is 36.4 Å². The molecule has 0 radical (unpaired) electrons. The maximum Gasteiger partial charge on any atom is 0.385 e. The van der Waals surface area contributed by atoms with Gasteiger partial charge in [-0.3, -0.25) is 0 Å². The molecule has 128 heavy (non-hydrogen) atoms. The maximum atomic E-state index is 15.2. The van der Waals surface area contributed by atoms with Crippen LogP contribution in [0.5, 0.6) is 47.6 Å². The fourth-order valence-electron chi connectivity index (χ4n) is 8.24. The molecule has 0 N–H and O–H groups in total. The van der Waals surface area contributed by atoms with Gasteiger partial charge in [-0.15, -0.1) is 29.9 Å². The smallest absolute Gasteiger partial charge is 0.385 e. The zero-order valence-corrected chi connectivity index (χ0v) is 56.9. The quantitative estimate of drug-likeness (QED) is 0.0390.